The maximum atomic E-state index is 14.1. The van der Waals surface area contributed by atoms with Crippen LogP contribution in [0.5, 0.6) is 46.0 Å². The minimum atomic E-state index is -4.13. The molecule has 314 valence electrons. The van der Waals surface area contributed by atoms with Gasteiger partial charge in [0.1, 0.15) is 5.75 Å². The third-order valence-electron chi connectivity index (χ3n) is 11.7. The fraction of sp³-hybridized carbons (Fsp3) is 0.326. The fourth-order valence-corrected chi connectivity index (χ4v) is 9.65. The Morgan fingerprint density at radius 3 is 2.00 bits per heavy atom. The second-order valence-electron chi connectivity index (χ2n) is 15.4. The number of ether oxygens (including phenoxy) is 6. The van der Waals surface area contributed by atoms with E-state index in [4.69, 9.17) is 28.4 Å². The summed E-state index contributed by atoms with van der Waals surface area (Å²) in [5, 5.41) is 2.68. The highest BCUT2D eigenvalue weighted by atomic mass is 32.2. The predicted octanol–water partition coefficient (Wildman–Crippen LogP) is 7.92. The Bertz CT molecular complexity index is 2550. The molecule has 0 radical (unpaired) electrons. The van der Waals surface area contributed by atoms with Crippen LogP contribution in [-0.2, 0) is 40.5 Å². The Hall–Kier alpha value is -5.96. The lowest BCUT2D eigenvalue weighted by atomic mass is 9.87. The molecular weight excluding hydrogens is 785 g/mol. The number of fused-ring (bicyclic) bond motifs is 2. The van der Waals surface area contributed by atoms with Crippen molar-refractivity contribution in [3.05, 3.63) is 112 Å². The van der Waals surface area contributed by atoms with Crippen LogP contribution < -0.4 is 38.5 Å². The fourth-order valence-electron chi connectivity index (χ4n) is 8.56. The van der Waals surface area contributed by atoms with E-state index in [1.165, 1.54) is 31.7 Å². The van der Waals surface area contributed by atoms with E-state index in [9.17, 15) is 13.2 Å². The van der Waals surface area contributed by atoms with E-state index in [2.05, 4.69) is 51.2 Å². The lowest BCUT2D eigenvalue weighted by molar-refractivity contribution is -0.114. The number of likely N-dealkylation sites (N-methyl/N-ethyl adjacent to an activating group) is 2. The van der Waals surface area contributed by atoms with Crippen LogP contribution in [0.1, 0.15) is 52.4 Å². The van der Waals surface area contributed by atoms with E-state index in [1.54, 1.807) is 39.5 Å². The largest absolute Gasteiger partial charge is 0.493 e. The number of amides is 1. The number of hydrogen-bond donors (Lipinski definition) is 2. The van der Waals surface area contributed by atoms with E-state index in [0.717, 1.165) is 41.6 Å². The van der Waals surface area contributed by atoms with Gasteiger partial charge in [-0.25, -0.2) is 8.42 Å². The summed E-state index contributed by atoms with van der Waals surface area (Å²) in [6, 6.07) is 23.4. The number of benzene rings is 5. The maximum Gasteiger partial charge on any atom is 0.261 e. The van der Waals surface area contributed by atoms with Gasteiger partial charge in [0.15, 0.2) is 34.5 Å². The summed E-state index contributed by atoms with van der Waals surface area (Å²) in [5.41, 5.74) is 6.82. The van der Waals surface area contributed by atoms with Crippen molar-refractivity contribution in [2.45, 2.75) is 49.6 Å². The summed E-state index contributed by atoms with van der Waals surface area (Å²) in [6.07, 6.45) is 2.64. The molecule has 0 spiro atoms. The van der Waals surface area contributed by atoms with Gasteiger partial charge in [0, 0.05) is 49.4 Å². The molecule has 2 N–H and O–H groups in total. The molecule has 0 aromatic heterocycles. The molecule has 0 unspecified atom stereocenters. The van der Waals surface area contributed by atoms with Gasteiger partial charge in [-0.2, -0.15) is 0 Å². The van der Waals surface area contributed by atoms with Crippen molar-refractivity contribution in [2.75, 3.05) is 65.7 Å². The van der Waals surface area contributed by atoms with Crippen LogP contribution in [0.4, 0.5) is 11.4 Å². The van der Waals surface area contributed by atoms with Crippen molar-refractivity contribution < 1.29 is 41.6 Å². The Kier molecular flexibility index (Phi) is 11.3. The Morgan fingerprint density at radius 1 is 0.700 bits per heavy atom. The molecule has 0 saturated carbocycles. The van der Waals surface area contributed by atoms with E-state index in [0.29, 0.717) is 82.3 Å². The van der Waals surface area contributed by atoms with E-state index < -0.39 is 10.0 Å². The summed E-state index contributed by atoms with van der Waals surface area (Å²) in [5.74, 6) is 3.71. The Labute approximate surface area is 351 Å². The number of nitrogens with zero attached hydrogens (tertiary/aromatic N) is 2. The molecule has 5 aromatic rings. The average Bonchev–Trinajstić information content (AvgIpc) is 3.23. The number of carbonyl (C=O) groups excluding carboxylic acids is 1. The number of rotatable bonds is 8. The van der Waals surface area contributed by atoms with Crippen LogP contribution in [0.3, 0.4) is 0 Å². The number of nitrogens with one attached hydrogen (secondary N) is 2. The molecular formula is C46H50N4O9S. The second-order valence-corrected chi connectivity index (χ2v) is 17.1. The predicted molar refractivity (Wildman–Crippen MR) is 229 cm³/mol. The summed E-state index contributed by atoms with van der Waals surface area (Å²) in [4.78, 5) is 16.3. The quantitative estimate of drug-likeness (QED) is 0.158. The van der Waals surface area contributed by atoms with Gasteiger partial charge in [-0.15, -0.1) is 0 Å². The van der Waals surface area contributed by atoms with Gasteiger partial charge in [0.05, 0.1) is 39.0 Å². The van der Waals surface area contributed by atoms with Gasteiger partial charge in [0.25, 0.3) is 10.0 Å². The van der Waals surface area contributed by atoms with Crippen molar-refractivity contribution in [1.29, 1.82) is 0 Å². The molecule has 0 saturated heterocycles. The smallest absolute Gasteiger partial charge is 0.261 e. The molecule has 9 rings (SSSR count). The highest BCUT2D eigenvalue weighted by Gasteiger charge is 2.35. The molecule has 6 bridgehead atoms. The Balaban J connectivity index is 1.33. The number of carbonyl (C=O) groups is 1. The topological polar surface area (TPSA) is 137 Å². The number of hydrogen-bond acceptors (Lipinski definition) is 11. The Morgan fingerprint density at radius 2 is 1.33 bits per heavy atom. The first-order chi connectivity index (χ1) is 28.9. The standard InChI is InChI=1S/C46H50N4O9S/c1-27(51)47-32-10-14-34(15-11-32)60(52,53)48-36-26-40(55-5)41-24-31(36)21-38-44-30(17-19-50(38)3)23-43(56-6)45(57-7)46(44)59-42-25-35-29(22-39(42)54-4)16-18-49(2)37(35)20-28-8-12-33(58-41)13-9-28/h8-15,22-26,37-38,48H,16-21H2,1-7H3,(H,47,51)/t37-,38-/m0/s1. The van der Waals surface area contributed by atoms with Crippen LogP contribution in [0.25, 0.3) is 0 Å². The van der Waals surface area contributed by atoms with E-state index >= 15 is 0 Å². The second kappa shape index (κ2) is 16.6. The zero-order valence-electron chi connectivity index (χ0n) is 34.9. The molecule has 5 aromatic carbocycles. The molecule has 14 heteroatoms. The van der Waals surface area contributed by atoms with Crippen LogP contribution in [0, 0.1) is 0 Å². The molecule has 60 heavy (non-hydrogen) atoms. The first-order valence-electron chi connectivity index (χ1n) is 19.8. The first kappa shape index (κ1) is 40.8. The van der Waals surface area contributed by atoms with Gasteiger partial charge in [-0.1, -0.05) is 12.1 Å². The zero-order chi connectivity index (χ0) is 42.3. The molecule has 0 aliphatic carbocycles. The monoisotopic (exact) mass is 834 g/mol. The normalized spacial score (nSPS) is 17.5. The number of sulfonamides is 1. The van der Waals surface area contributed by atoms with Crippen molar-refractivity contribution in [1.82, 2.24) is 9.80 Å². The van der Waals surface area contributed by atoms with Crippen LogP contribution >= 0.6 is 0 Å². The van der Waals surface area contributed by atoms with Gasteiger partial charge in [-0.3, -0.25) is 19.3 Å². The maximum absolute atomic E-state index is 14.1. The molecule has 0 fully saturated rings. The zero-order valence-corrected chi connectivity index (χ0v) is 35.7. The van der Waals surface area contributed by atoms with Crippen molar-refractivity contribution >= 4 is 27.3 Å². The van der Waals surface area contributed by atoms with Crippen molar-refractivity contribution in [3.8, 4) is 46.0 Å². The number of methoxy groups -OCH3 is 4. The highest BCUT2D eigenvalue weighted by Crippen LogP contribution is 2.52. The molecule has 4 aliphatic heterocycles. The molecule has 4 aliphatic rings. The first-order valence-corrected chi connectivity index (χ1v) is 21.3. The molecule has 4 heterocycles. The third-order valence-corrected chi connectivity index (χ3v) is 13.1. The van der Waals surface area contributed by atoms with Crippen LogP contribution in [0.15, 0.2) is 83.8 Å². The van der Waals surface area contributed by atoms with E-state index in [-0.39, 0.29) is 22.9 Å². The minimum Gasteiger partial charge on any atom is -0.493 e. The van der Waals surface area contributed by atoms with Crippen molar-refractivity contribution in [2.24, 2.45) is 0 Å². The van der Waals surface area contributed by atoms with Crippen LogP contribution in [0.2, 0.25) is 0 Å². The number of anilines is 2. The summed E-state index contributed by atoms with van der Waals surface area (Å²) in [6.45, 7) is 2.99. The summed E-state index contributed by atoms with van der Waals surface area (Å²) >= 11 is 0. The van der Waals surface area contributed by atoms with Gasteiger partial charge < -0.3 is 33.7 Å². The lowest BCUT2D eigenvalue weighted by Crippen LogP contribution is -2.34. The van der Waals surface area contributed by atoms with Gasteiger partial charge >= 0.3 is 0 Å². The molecule has 1 amide bonds. The third kappa shape index (κ3) is 7.89. The highest BCUT2D eigenvalue weighted by molar-refractivity contribution is 7.92. The van der Waals surface area contributed by atoms with E-state index in [1.807, 2.05) is 31.3 Å². The molecule has 2 atom stereocenters. The van der Waals surface area contributed by atoms with Crippen molar-refractivity contribution in [3.63, 3.8) is 0 Å². The average molecular weight is 835 g/mol. The summed E-state index contributed by atoms with van der Waals surface area (Å²) < 4.78 is 68.6. The lowest BCUT2D eigenvalue weighted by Gasteiger charge is -2.37. The van der Waals surface area contributed by atoms with Gasteiger partial charge in [0.2, 0.25) is 11.7 Å². The van der Waals surface area contributed by atoms with Crippen LogP contribution in [-0.4, -0.2) is 79.7 Å². The summed E-state index contributed by atoms with van der Waals surface area (Å²) in [7, 11) is 6.45. The SMILES string of the molecule is COc1cc(NS(=O)(=O)c2ccc(NC(C)=O)cc2)c2cc1Oc1ccc(cc1)C[C@H]1c3cc(c(OC)cc3CCN1C)Oc1c(OC)c(OC)cc3c1[C@H](C2)N(C)CC3. The van der Waals surface area contributed by atoms with Gasteiger partial charge in [-0.05, 0) is 128 Å². The molecule has 13 nitrogen and oxygen atoms in total. The minimum absolute atomic E-state index is 0.0171.